The van der Waals surface area contributed by atoms with E-state index in [0.717, 1.165) is 18.5 Å². The number of rotatable bonds is 5. The van der Waals surface area contributed by atoms with Crippen molar-refractivity contribution < 1.29 is 4.74 Å². The SMILES string of the molecule is CCNC1CCCC1CN1CCC(OC)CC1. The lowest BCUT2D eigenvalue weighted by atomic mass is 10.0. The maximum atomic E-state index is 5.43. The summed E-state index contributed by atoms with van der Waals surface area (Å²) in [7, 11) is 1.85. The van der Waals surface area contributed by atoms with E-state index in [0.29, 0.717) is 6.10 Å². The summed E-state index contributed by atoms with van der Waals surface area (Å²) < 4.78 is 5.43. The second kappa shape index (κ2) is 6.72. The zero-order valence-corrected chi connectivity index (χ0v) is 11.5. The monoisotopic (exact) mass is 240 g/mol. The van der Waals surface area contributed by atoms with Crippen LogP contribution in [0.2, 0.25) is 0 Å². The minimum Gasteiger partial charge on any atom is -0.381 e. The third-order valence-electron chi connectivity index (χ3n) is 4.49. The molecule has 0 aromatic carbocycles. The molecular weight excluding hydrogens is 212 g/mol. The number of nitrogens with one attached hydrogen (secondary N) is 1. The van der Waals surface area contributed by atoms with Crippen LogP contribution < -0.4 is 5.32 Å². The minimum atomic E-state index is 0.513. The van der Waals surface area contributed by atoms with Crippen molar-refractivity contribution in [2.45, 2.75) is 51.2 Å². The predicted molar refractivity (Wildman–Crippen MR) is 71.3 cm³/mol. The van der Waals surface area contributed by atoms with Crippen LogP contribution in [0.1, 0.15) is 39.0 Å². The van der Waals surface area contributed by atoms with Gasteiger partial charge in [-0.05, 0) is 38.1 Å². The molecule has 1 heterocycles. The van der Waals surface area contributed by atoms with Crippen molar-refractivity contribution in [1.82, 2.24) is 10.2 Å². The largest absolute Gasteiger partial charge is 0.381 e. The van der Waals surface area contributed by atoms with Gasteiger partial charge in [-0.15, -0.1) is 0 Å². The zero-order chi connectivity index (χ0) is 12.1. The molecule has 0 bridgehead atoms. The van der Waals surface area contributed by atoms with E-state index in [1.54, 1.807) is 0 Å². The third kappa shape index (κ3) is 3.67. The summed E-state index contributed by atoms with van der Waals surface area (Å²) in [5, 5.41) is 3.65. The summed E-state index contributed by atoms with van der Waals surface area (Å²) in [4.78, 5) is 2.65. The van der Waals surface area contributed by atoms with Crippen molar-refractivity contribution >= 4 is 0 Å². The molecule has 1 saturated carbocycles. The molecule has 0 spiro atoms. The Morgan fingerprint density at radius 2 is 1.94 bits per heavy atom. The molecule has 0 radical (unpaired) electrons. The fraction of sp³-hybridized carbons (Fsp3) is 1.00. The third-order valence-corrected chi connectivity index (χ3v) is 4.49. The van der Waals surface area contributed by atoms with E-state index in [2.05, 4.69) is 17.1 Å². The molecule has 1 aliphatic carbocycles. The van der Waals surface area contributed by atoms with Gasteiger partial charge in [-0.3, -0.25) is 0 Å². The van der Waals surface area contributed by atoms with Gasteiger partial charge in [-0.2, -0.15) is 0 Å². The van der Waals surface area contributed by atoms with Gasteiger partial charge in [0.25, 0.3) is 0 Å². The van der Waals surface area contributed by atoms with Crippen LogP contribution >= 0.6 is 0 Å². The number of likely N-dealkylation sites (tertiary alicyclic amines) is 1. The Bertz CT molecular complexity index is 214. The number of hydrogen-bond donors (Lipinski definition) is 1. The fourth-order valence-electron chi connectivity index (χ4n) is 3.45. The molecular formula is C14H28N2O. The molecule has 3 nitrogen and oxygen atoms in total. The first-order chi connectivity index (χ1) is 8.33. The molecule has 2 atom stereocenters. The first-order valence-corrected chi connectivity index (χ1v) is 7.32. The predicted octanol–water partition coefficient (Wildman–Crippen LogP) is 1.88. The number of ether oxygens (including phenoxy) is 1. The van der Waals surface area contributed by atoms with Gasteiger partial charge in [0.2, 0.25) is 0 Å². The smallest absolute Gasteiger partial charge is 0.0595 e. The lowest BCUT2D eigenvalue weighted by molar-refractivity contribution is 0.0356. The topological polar surface area (TPSA) is 24.5 Å². The molecule has 0 aromatic heterocycles. The maximum Gasteiger partial charge on any atom is 0.0595 e. The van der Waals surface area contributed by atoms with Crippen molar-refractivity contribution in [2.75, 3.05) is 33.3 Å². The molecule has 2 aliphatic rings. The van der Waals surface area contributed by atoms with E-state index in [1.807, 2.05) is 7.11 Å². The van der Waals surface area contributed by atoms with E-state index in [4.69, 9.17) is 4.74 Å². The molecule has 1 saturated heterocycles. The van der Waals surface area contributed by atoms with Crippen molar-refractivity contribution in [3.8, 4) is 0 Å². The molecule has 0 aromatic rings. The summed E-state index contributed by atoms with van der Waals surface area (Å²) in [6, 6.07) is 0.778. The van der Waals surface area contributed by atoms with Gasteiger partial charge in [-0.25, -0.2) is 0 Å². The van der Waals surface area contributed by atoms with Gasteiger partial charge in [-0.1, -0.05) is 13.3 Å². The van der Waals surface area contributed by atoms with E-state index < -0.39 is 0 Å². The lowest BCUT2D eigenvalue weighted by Crippen LogP contribution is -2.43. The highest BCUT2D eigenvalue weighted by Gasteiger charge is 2.29. The summed E-state index contributed by atoms with van der Waals surface area (Å²) in [5.74, 6) is 0.883. The Hall–Kier alpha value is -0.120. The van der Waals surface area contributed by atoms with Crippen LogP contribution in [-0.2, 0) is 4.74 Å². The fourth-order valence-corrected chi connectivity index (χ4v) is 3.45. The number of hydrogen-bond acceptors (Lipinski definition) is 3. The number of nitrogens with zero attached hydrogens (tertiary/aromatic N) is 1. The Morgan fingerprint density at radius 3 is 2.59 bits per heavy atom. The number of methoxy groups -OCH3 is 1. The lowest BCUT2D eigenvalue weighted by Gasteiger charge is -2.34. The minimum absolute atomic E-state index is 0.513. The highest BCUT2D eigenvalue weighted by atomic mass is 16.5. The molecule has 1 aliphatic heterocycles. The Labute approximate surface area is 106 Å². The quantitative estimate of drug-likeness (QED) is 0.794. The van der Waals surface area contributed by atoms with E-state index in [1.165, 1.54) is 51.7 Å². The van der Waals surface area contributed by atoms with Gasteiger partial charge in [0.1, 0.15) is 0 Å². The van der Waals surface area contributed by atoms with Crippen LogP contribution in [0.3, 0.4) is 0 Å². The van der Waals surface area contributed by atoms with Crippen molar-refractivity contribution in [1.29, 1.82) is 0 Å². The van der Waals surface area contributed by atoms with Crippen LogP contribution in [0.5, 0.6) is 0 Å². The van der Waals surface area contributed by atoms with Crippen molar-refractivity contribution in [3.05, 3.63) is 0 Å². The zero-order valence-electron chi connectivity index (χ0n) is 11.5. The van der Waals surface area contributed by atoms with Crippen LogP contribution in [-0.4, -0.2) is 50.3 Å². The van der Waals surface area contributed by atoms with E-state index in [9.17, 15) is 0 Å². The van der Waals surface area contributed by atoms with Gasteiger partial charge in [0.15, 0.2) is 0 Å². The normalized spacial score (nSPS) is 32.1. The Kier molecular flexibility index (Phi) is 5.26. The summed E-state index contributed by atoms with van der Waals surface area (Å²) >= 11 is 0. The maximum absolute atomic E-state index is 5.43. The average molecular weight is 240 g/mol. The Morgan fingerprint density at radius 1 is 1.18 bits per heavy atom. The van der Waals surface area contributed by atoms with Gasteiger partial charge in [0, 0.05) is 32.8 Å². The summed E-state index contributed by atoms with van der Waals surface area (Å²) in [6.45, 7) is 7.10. The molecule has 2 unspecified atom stereocenters. The summed E-state index contributed by atoms with van der Waals surface area (Å²) in [5.41, 5.74) is 0. The first-order valence-electron chi connectivity index (χ1n) is 7.32. The molecule has 0 amide bonds. The summed E-state index contributed by atoms with van der Waals surface area (Å²) in [6.07, 6.45) is 7.16. The van der Waals surface area contributed by atoms with Crippen molar-refractivity contribution in [3.63, 3.8) is 0 Å². The standard InChI is InChI=1S/C14H28N2O/c1-3-15-14-6-4-5-12(14)11-16-9-7-13(17-2)8-10-16/h12-15H,3-11H2,1-2H3. The molecule has 3 heteroatoms. The number of piperidine rings is 1. The second-order valence-corrected chi connectivity index (χ2v) is 5.59. The van der Waals surface area contributed by atoms with Crippen LogP contribution in [0, 0.1) is 5.92 Å². The first kappa shape index (κ1) is 13.3. The van der Waals surface area contributed by atoms with Crippen LogP contribution in [0.4, 0.5) is 0 Å². The average Bonchev–Trinajstić information content (AvgIpc) is 2.78. The van der Waals surface area contributed by atoms with Crippen molar-refractivity contribution in [2.24, 2.45) is 5.92 Å². The van der Waals surface area contributed by atoms with E-state index in [-0.39, 0.29) is 0 Å². The molecule has 1 N–H and O–H groups in total. The van der Waals surface area contributed by atoms with Gasteiger partial charge in [0.05, 0.1) is 6.10 Å². The molecule has 2 rings (SSSR count). The van der Waals surface area contributed by atoms with E-state index >= 15 is 0 Å². The molecule has 100 valence electrons. The van der Waals surface area contributed by atoms with Crippen LogP contribution in [0.15, 0.2) is 0 Å². The van der Waals surface area contributed by atoms with Gasteiger partial charge < -0.3 is 15.0 Å². The van der Waals surface area contributed by atoms with Crippen LogP contribution in [0.25, 0.3) is 0 Å². The second-order valence-electron chi connectivity index (χ2n) is 5.59. The highest BCUT2D eigenvalue weighted by Crippen LogP contribution is 2.27. The highest BCUT2D eigenvalue weighted by molar-refractivity contribution is 4.86. The Balaban J connectivity index is 1.73. The molecule has 17 heavy (non-hydrogen) atoms. The van der Waals surface area contributed by atoms with Gasteiger partial charge >= 0.3 is 0 Å². The molecule has 2 fully saturated rings.